The van der Waals surface area contributed by atoms with Crippen molar-refractivity contribution >= 4 is 23.3 Å². The molecule has 2 aromatic rings. The maximum atomic E-state index is 12.3. The largest absolute Gasteiger partial charge is 0.508 e. The number of benzene rings is 2. The van der Waals surface area contributed by atoms with E-state index >= 15 is 0 Å². The van der Waals surface area contributed by atoms with Gasteiger partial charge in [-0.2, -0.15) is 0 Å². The first-order valence-electron chi connectivity index (χ1n) is 8.20. The Morgan fingerprint density at radius 2 is 1.64 bits per heavy atom. The average Bonchev–Trinajstić information content (AvgIpc) is 2.64. The topological polar surface area (TPSA) is 53.0 Å². The lowest BCUT2D eigenvalue weighted by Gasteiger charge is -2.39. The molecule has 2 aromatic carbocycles. The quantitative estimate of drug-likeness (QED) is 0.849. The predicted molar refractivity (Wildman–Crippen MR) is 98.1 cm³/mol. The van der Waals surface area contributed by atoms with Gasteiger partial charge in [0.1, 0.15) is 11.8 Å². The SMILES string of the molecule is COC(=O)C(c1ccc(Cl)cc1)N1CCN(c2ccc(O)cc2)CC1. The van der Waals surface area contributed by atoms with E-state index < -0.39 is 6.04 Å². The summed E-state index contributed by atoms with van der Waals surface area (Å²) in [6.45, 7) is 3.07. The molecule has 0 radical (unpaired) electrons. The molecule has 0 spiro atoms. The molecule has 0 saturated carbocycles. The second kappa shape index (κ2) is 7.76. The number of carbonyl (C=O) groups excluding carboxylic acids is 1. The van der Waals surface area contributed by atoms with Gasteiger partial charge in [0.2, 0.25) is 0 Å². The molecule has 5 nitrogen and oxygen atoms in total. The minimum Gasteiger partial charge on any atom is -0.508 e. The average molecular weight is 361 g/mol. The molecule has 132 valence electrons. The van der Waals surface area contributed by atoms with Gasteiger partial charge in [-0.05, 0) is 42.0 Å². The first-order valence-corrected chi connectivity index (χ1v) is 8.57. The lowest BCUT2D eigenvalue weighted by Crippen LogP contribution is -2.49. The number of carbonyl (C=O) groups is 1. The molecule has 0 bridgehead atoms. The Balaban J connectivity index is 1.72. The third-order valence-corrected chi connectivity index (χ3v) is 4.76. The van der Waals surface area contributed by atoms with Crippen molar-refractivity contribution in [2.45, 2.75) is 6.04 Å². The van der Waals surface area contributed by atoms with Gasteiger partial charge in [0, 0.05) is 36.9 Å². The van der Waals surface area contributed by atoms with Crippen LogP contribution < -0.4 is 4.90 Å². The molecule has 1 atom stereocenters. The summed E-state index contributed by atoms with van der Waals surface area (Å²) < 4.78 is 5.02. The number of aromatic hydroxyl groups is 1. The van der Waals surface area contributed by atoms with Crippen LogP contribution in [-0.4, -0.2) is 49.3 Å². The van der Waals surface area contributed by atoms with Gasteiger partial charge >= 0.3 is 5.97 Å². The molecule has 1 saturated heterocycles. The first kappa shape index (κ1) is 17.6. The number of phenolic OH excluding ortho intramolecular Hbond substituents is 1. The molecule has 3 rings (SSSR count). The van der Waals surface area contributed by atoms with Gasteiger partial charge in [-0.3, -0.25) is 4.90 Å². The van der Waals surface area contributed by atoms with E-state index in [4.69, 9.17) is 16.3 Å². The van der Waals surface area contributed by atoms with Gasteiger partial charge in [0.15, 0.2) is 0 Å². The highest BCUT2D eigenvalue weighted by molar-refractivity contribution is 6.30. The van der Waals surface area contributed by atoms with Crippen molar-refractivity contribution in [1.82, 2.24) is 4.90 Å². The van der Waals surface area contributed by atoms with E-state index in [2.05, 4.69) is 9.80 Å². The Labute approximate surface area is 152 Å². The summed E-state index contributed by atoms with van der Waals surface area (Å²) in [5, 5.41) is 10.1. The summed E-state index contributed by atoms with van der Waals surface area (Å²) >= 11 is 5.96. The third kappa shape index (κ3) is 4.06. The summed E-state index contributed by atoms with van der Waals surface area (Å²) in [5.74, 6) is -0.00344. The van der Waals surface area contributed by atoms with Crippen LogP contribution in [0.4, 0.5) is 5.69 Å². The number of phenols is 1. The van der Waals surface area contributed by atoms with Crippen LogP contribution in [0.15, 0.2) is 48.5 Å². The van der Waals surface area contributed by atoms with Gasteiger partial charge < -0.3 is 14.7 Å². The fourth-order valence-corrected chi connectivity index (χ4v) is 3.28. The lowest BCUT2D eigenvalue weighted by molar-refractivity contribution is -0.147. The maximum absolute atomic E-state index is 12.3. The molecule has 1 fully saturated rings. The number of hydrogen-bond donors (Lipinski definition) is 1. The fraction of sp³-hybridized carbons (Fsp3) is 0.316. The van der Waals surface area contributed by atoms with Crippen LogP contribution in [-0.2, 0) is 9.53 Å². The minimum atomic E-state index is -0.427. The van der Waals surface area contributed by atoms with Gasteiger partial charge in [0.05, 0.1) is 7.11 Å². The normalized spacial score (nSPS) is 16.5. The highest BCUT2D eigenvalue weighted by Gasteiger charge is 2.31. The second-order valence-corrected chi connectivity index (χ2v) is 6.45. The van der Waals surface area contributed by atoms with Crippen molar-refractivity contribution in [3.05, 3.63) is 59.1 Å². The van der Waals surface area contributed by atoms with E-state index in [9.17, 15) is 9.90 Å². The van der Waals surface area contributed by atoms with Gasteiger partial charge in [-0.15, -0.1) is 0 Å². The number of piperazine rings is 1. The third-order valence-electron chi connectivity index (χ3n) is 4.50. The lowest BCUT2D eigenvalue weighted by atomic mass is 10.0. The zero-order chi connectivity index (χ0) is 17.8. The van der Waals surface area contributed by atoms with Gasteiger partial charge in [0.25, 0.3) is 0 Å². The fourth-order valence-electron chi connectivity index (χ4n) is 3.15. The van der Waals surface area contributed by atoms with E-state index in [-0.39, 0.29) is 11.7 Å². The molecule has 1 heterocycles. The maximum Gasteiger partial charge on any atom is 0.327 e. The monoisotopic (exact) mass is 360 g/mol. The van der Waals surface area contributed by atoms with Crippen LogP contribution in [0, 0.1) is 0 Å². The first-order chi connectivity index (χ1) is 12.1. The van der Waals surface area contributed by atoms with E-state index in [0.717, 1.165) is 37.4 Å². The van der Waals surface area contributed by atoms with Crippen molar-refractivity contribution in [3.8, 4) is 5.75 Å². The van der Waals surface area contributed by atoms with Crippen LogP contribution >= 0.6 is 11.6 Å². The van der Waals surface area contributed by atoms with Crippen molar-refractivity contribution in [2.75, 3.05) is 38.2 Å². The van der Waals surface area contributed by atoms with Crippen LogP contribution in [0.5, 0.6) is 5.75 Å². The number of esters is 1. The van der Waals surface area contributed by atoms with Crippen LogP contribution in [0.1, 0.15) is 11.6 Å². The van der Waals surface area contributed by atoms with Crippen LogP contribution in [0.3, 0.4) is 0 Å². The number of nitrogens with zero attached hydrogens (tertiary/aromatic N) is 2. The standard InChI is InChI=1S/C19H21ClN2O3/c1-25-19(24)18(14-2-4-15(20)5-3-14)22-12-10-21(11-13-22)16-6-8-17(23)9-7-16/h2-9,18,23H,10-13H2,1H3. The molecule has 0 aromatic heterocycles. The molecule has 6 heteroatoms. The number of ether oxygens (including phenoxy) is 1. The number of hydrogen-bond acceptors (Lipinski definition) is 5. The molecular formula is C19H21ClN2O3. The summed E-state index contributed by atoms with van der Waals surface area (Å²) in [6.07, 6.45) is 0. The number of anilines is 1. The summed E-state index contributed by atoms with van der Waals surface area (Å²) in [5.41, 5.74) is 1.95. The number of methoxy groups -OCH3 is 1. The Kier molecular flexibility index (Phi) is 5.46. The highest BCUT2D eigenvalue weighted by atomic mass is 35.5. The van der Waals surface area contributed by atoms with Crippen LogP contribution in [0.25, 0.3) is 0 Å². The molecule has 0 amide bonds. The Bertz CT molecular complexity index is 710. The van der Waals surface area contributed by atoms with Crippen molar-refractivity contribution in [3.63, 3.8) is 0 Å². The minimum absolute atomic E-state index is 0.260. The van der Waals surface area contributed by atoms with E-state index in [1.54, 1.807) is 24.3 Å². The van der Waals surface area contributed by atoms with E-state index in [1.807, 2.05) is 24.3 Å². The zero-order valence-corrected chi connectivity index (χ0v) is 14.8. The molecule has 0 aliphatic carbocycles. The van der Waals surface area contributed by atoms with Gasteiger partial charge in [-0.25, -0.2) is 4.79 Å². The number of rotatable bonds is 4. The summed E-state index contributed by atoms with van der Waals surface area (Å²) in [6, 6.07) is 14.1. The molecular weight excluding hydrogens is 340 g/mol. The van der Waals surface area contributed by atoms with E-state index in [1.165, 1.54) is 7.11 Å². The van der Waals surface area contributed by atoms with Crippen molar-refractivity contribution < 1.29 is 14.6 Å². The van der Waals surface area contributed by atoms with E-state index in [0.29, 0.717) is 5.02 Å². The smallest absolute Gasteiger partial charge is 0.327 e. The Hall–Kier alpha value is -2.24. The predicted octanol–water partition coefficient (Wildman–Crippen LogP) is 3.08. The molecule has 1 aliphatic heterocycles. The second-order valence-electron chi connectivity index (χ2n) is 6.02. The Morgan fingerprint density at radius 3 is 2.20 bits per heavy atom. The summed E-state index contributed by atoms with van der Waals surface area (Å²) in [4.78, 5) is 16.7. The molecule has 1 aliphatic rings. The molecule has 1 unspecified atom stereocenters. The number of halogens is 1. The van der Waals surface area contributed by atoms with Crippen molar-refractivity contribution in [1.29, 1.82) is 0 Å². The Morgan fingerprint density at radius 1 is 1.04 bits per heavy atom. The van der Waals surface area contributed by atoms with Gasteiger partial charge in [-0.1, -0.05) is 23.7 Å². The van der Waals surface area contributed by atoms with Crippen LogP contribution in [0.2, 0.25) is 5.02 Å². The molecule has 25 heavy (non-hydrogen) atoms. The highest BCUT2D eigenvalue weighted by Crippen LogP contribution is 2.27. The zero-order valence-electron chi connectivity index (χ0n) is 14.1. The molecule has 1 N–H and O–H groups in total. The summed E-state index contributed by atoms with van der Waals surface area (Å²) in [7, 11) is 1.41. The van der Waals surface area contributed by atoms with Crippen molar-refractivity contribution in [2.24, 2.45) is 0 Å².